The topological polar surface area (TPSA) is 29.3 Å². The van der Waals surface area contributed by atoms with E-state index in [1.54, 1.807) is 5.56 Å². The summed E-state index contributed by atoms with van der Waals surface area (Å²) in [5, 5.41) is 0. The fraction of sp³-hybridized carbons (Fsp3) is 0.625. The monoisotopic (exact) mass is 246 g/mol. The van der Waals surface area contributed by atoms with Crippen LogP contribution >= 0.6 is 0 Å². The highest BCUT2D eigenvalue weighted by molar-refractivity contribution is 5.27. The fourth-order valence-electron chi connectivity index (χ4n) is 2.74. The van der Waals surface area contributed by atoms with Crippen molar-refractivity contribution in [2.45, 2.75) is 39.2 Å². The predicted molar refractivity (Wildman–Crippen MR) is 77.5 cm³/mol. The minimum atomic E-state index is 0.671. The number of rotatable bonds is 5. The van der Waals surface area contributed by atoms with E-state index in [9.17, 15) is 0 Å². The first-order valence-corrected chi connectivity index (χ1v) is 7.29. The van der Waals surface area contributed by atoms with Gasteiger partial charge in [-0.2, -0.15) is 0 Å². The minimum absolute atomic E-state index is 0.671. The molecule has 0 saturated heterocycles. The summed E-state index contributed by atoms with van der Waals surface area (Å²) in [5.74, 6) is 0.671. The van der Waals surface area contributed by atoms with E-state index in [4.69, 9.17) is 5.73 Å². The van der Waals surface area contributed by atoms with Crippen LogP contribution in [0.3, 0.4) is 0 Å². The van der Waals surface area contributed by atoms with Gasteiger partial charge in [0, 0.05) is 6.54 Å². The second-order valence-electron chi connectivity index (χ2n) is 5.63. The average Bonchev–Trinajstić information content (AvgIpc) is 2.60. The molecule has 0 bridgehead atoms. The molecule has 1 aliphatic heterocycles. The van der Waals surface area contributed by atoms with E-state index in [0.717, 1.165) is 13.1 Å². The summed E-state index contributed by atoms with van der Waals surface area (Å²) in [6.07, 6.45) is 5.07. The molecule has 100 valence electrons. The van der Waals surface area contributed by atoms with Gasteiger partial charge in [-0.05, 0) is 62.4 Å². The van der Waals surface area contributed by atoms with Crippen LogP contribution in [0.25, 0.3) is 0 Å². The molecule has 1 atom stereocenters. The summed E-state index contributed by atoms with van der Waals surface area (Å²) in [7, 11) is 0. The first-order valence-electron chi connectivity index (χ1n) is 7.29. The highest BCUT2D eigenvalue weighted by Crippen LogP contribution is 2.18. The normalized spacial score (nSPS) is 18.1. The predicted octanol–water partition coefficient (Wildman–Crippen LogP) is 2.81. The standard InChI is InChI=1S/C16H26N2/c1-14(12-17)6-4-10-18-11-5-9-15-7-2-3-8-16(15)13-18/h2-3,7-8,14H,4-6,9-13,17H2,1H3. The summed E-state index contributed by atoms with van der Waals surface area (Å²) < 4.78 is 0. The molecule has 2 N–H and O–H groups in total. The molecule has 2 nitrogen and oxygen atoms in total. The van der Waals surface area contributed by atoms with Crippen LogP contribution < -0.4 is 5.73 Å². The second kappa shape index (κ2) is 6.91. The molecule has 0 aliphatic carbocycles. The Morgan fingerprint density at radius 3 is 2.83 bits per heavy atom. The number of nitrogens with two attached hydrogens (primary N) is 1. The maximum Gasteiger partial charge on any atom is 0.0236 e. The molecule has 1 aliphatic rings. The van der Waals surface area contributed by atoms with Crippen molar-refractivity contribution in [2.24, 2.45) is 11.7 Å². The van der Waals surface area contributed by atoms with Crippen LogP contribution in [0.5, 0.6) is 0 Å². The Balaban J connectivity index is 1.84. The van der Waals surface area contributed by atoms with Gasteiger partial charge in [-0.3, -0.25) is 4.90 Å². The largest absolute Gasteiger partial charge is 0.330 e. The Labute approximate surface area is 111 Å². The van der Waals surface area contributed by atoms with Gasteiger partial charge in [-0.1, -0.05) is 31.2 Å². The van der Waals surface area contributed by atoms with Crippen LogP contribution in [0.15, 0.2) is 24.3 Å². The smallest absolute Gasteiger partial charge is 0.0236 e. The van der Waals surface area contributed by atoms with E-state index >= 15 is 0 Å². The van der Waals surface area contributed by atoms with E-state index in [0.29, 0.717) is 5.92 Å². The quantitative estimate of drug-likeness (QED) is 0.865. The van der Waals surface area contributed by atoms with Gasteiger partial charge in [0.2, 0.25) is 0 Å². The third-order valence-electron chi connectivity index (χ3n) is 4.01. The molecular weight excluding hydrogens is 220 g/mol. The molecule has 2 rings (SSSR count). The first-order chi connectivity index (χ1) is 8.79. The molecule has 1 aromatic carbocycles. The van der Waals surface area contributed by atoms with E-state index < -0.39 is 0 Å². The number of nitrogens with zero attached hydrogens (tertiary/aromatic N) is 1. The van der Waals surface area contributed by atoms with Gasteiger partial charge >= 0.3 is 0 Å². The van der Waals surface area contributed by atoms with Gasteiger partial charge in [0.15, 0.2) is 0 Å². The molecule has 0 aromatic heterocycles. The van der Waals surface area contributed by atoms with E-state index in [-0.39, 0.29) is 0 Å². The Bertz CT molecular complexity index is 362. The zero-order valence-electron chi connectivity index (χ0n) is 11.6. The molecule has 0 saturated carbocycles. The molecule has 0 amide bonds. The van der Waals surface area contributed by atoms with Gasteiger partial charge in [0.05, 0.1) is 0 Å². The maximum atomic E-state index is 5.67. The Morgan fingerprint density at radius 1 is 1.28 bits per heavy atom. The van der Waals surface area contributed by atoms with Crippen molar-refractivity contribution >= 4 is 0 Å². The molecule has 1 unspecified atom stereocenters. The molecular formula is C16H26N2. The molecule has 2 heteroatoms. The lowest BCUT2D eigenvalue weighted by Crippen LogP contribution is -2.25. The molecule has 0 radical (unpaired) electrons. The Morgan fingerprint density at radius 2 is 2.06 bits per heavy atom. The lowest BCUT2D eigenvalue weighted by atomic mass is 10.0. The number of aryl methyl sites for hydroxylation is 1. The lowest BCUT2D eigenvalue weighted by molar-refractivity contribution is 0.258. The Kier molecular flexibility index (Phi) is 5.21. The number of hydrogen-bond donors (Lipinski definition) is 1. The van der Waals surface area contributed by atoms with Crippen molar-refractivity contribution in [1.29, 1.82) is 0 Å². The highest BCUT2D eigenvalue weighted by atomic mass is 15.1. The van der Waals surface area contributed by atoms with Crippen LogP contribution in [0.4, 0.5) is 0 Å². The Hall–Kier alpha value is -0.860. The minimum Gasteiger partial charge on any atom is -0.330 e. The summed E-state index contributed by atoms with van der Waals surface area (Å²) in [6, 6.07) is 8.90. The SMILES string of the molecule is CC(CN)CCCN1CCCc2ccccc2C1. The van der Waals surface area contributed by atoms with Gasteiger partial charge in [-0.25, -0.2) is 0 Å². The summed E-state index contributed by atoms with van der Waals surface area (Å²) in [4.78, 5) is 2.61. The van der Waals surface area contributed by atoms with E-state index in [2.05, 4.69) is 36.1 Å². The van der Waals surface area contributed by atoms with E-state index in [1.807, 2.05) is 0 Å². The number of benzene rings is 1. The summed E-state index contributed by atoms with van der Waals surface area (Å²) in [5.41, 5.74) is 8.75. The van der Waals surface area contributed by atoms with Crippen molar-refractivity contribution in [1.82, 2.24) is 4.90 Å². The zero-order valence-corrected chi connectivity index (χ0v) is 11.6. The van der Waals surface area contributed by atoms with Crippen LogP contribution in [0.1, 0.15) is 37.3 Å². The van der Waals surface area contributed by atoms with Crippen molar-refractivity contribution in [3.05, 3.63) is 35.4 Å². The third kappa shape index (κ3) is 3.82. The van der Waals surface area contributed by atoms with Gasteiger partial charge in [0.1, 0.15) is 0 Å². The van der Waals surface area contributed by atoms with Crippen LogP contribution in [-0.4, -0.2) is 24.5 Å². The van der Waals surface area contributed by atoms with Crippen LogP contribution in [0.2, 0.25) is 0 Å². The lowest BCUT2D eigenvalue weighted by Gasteiger charge is -2.21. The molecule has 1 aromatic rings. The molecule has 0 spiro atoms. The van der Waals surface area contributed by atoms with Gasteiger partial charge in [-0.15, -0.1) is 0 Å². The fourth-order valence-corrected chi connectivity index (χ4v) is 2.74. The second-order valence-corrected chi connectivity index (χ2v) is 5.63. The summed E-state index contributed by atoms with van der Waals surface area (Å²) in [6.45, 7) is 6.66. The average molecular weight is 246 g/mol. The molecule has 0 fully saturated rings. The third-order valence-corrected chi connectivity index (χ3v) is 4.01. The van der Waals surface area contributed by atoms with Crippen molar-refractivity contribution in [2.75, 3.05) is 19.6 Å². The van der Waals surface area contributed by atoms with Gasteiger partial charge < -0.3 is 5.73 Å². The molecule has 18 heavy (non-hydrogen) atoms. The van der Waals surface area contributed by atoms with Gasteiger partial charge in [0.25, 0.3) is 0 Å². The summed E-state index contributed by atoms with van der Waals surface area (Å²) >= 11 is 0. The van der Waals surface area contributed by atoms with E-state index in [1.165, 1.54) is 44.3 Å². The highest BCUT2D eigenvalue weighted by Gasteiger charge is 2.13. The molecule has 1 heterocycles. The number of fused-ring (bicyclic) bond motifs is 1. The van der Waals surface area contributed by atoms with Crippen molar-refractivity contribution < 1.29 is 0 Å². The number of hydrogen-bond acceptors (Lipinski definition) is 2. The van der Waals surface area contributed by atoms with Crippen LogP contribution in [-0.2, 0) is 13.0 Å². The zero-order chi connectivity index (χ0) is 12.8. The van der Waals surface area contributed by atoms with Crippen LogP contribution in [0, 0.1) is 5.92 Å². The first kappa shape index (κ1) is 13.6. The maximum absolute atomic E-state index is 5.67. The van der Waals surface area contributed by atoms with Crippen molar-refractivity contribution in [3.63, 3.8) is 0 Å². The van der Waals surface area contributed by atoms with Crippen molar-refractivity contribution in [3.8, 4) is 0 Å².